The minimum atomic E-state index is 0.527. The maximum atomic E-state index is 5.94. The van der Waals surface area contributed by atoms with Crippen LogP contribution in [-0.4, -0.2) is 7.11 Å². The zero-order valence-electron chi connectivity index (χ0n) is 14.7. The van der Waals surface area contributed by atoms with Gasteiger partial charge in [0.05, 0.1) is 7.11 Å². The second kappa shape index (κ2) is 8.25. The predicted octanol–water partition coefficient (Wildman–Crippen LogP) is 5.19. The molecule has 0 aliphatic rings. The Hall–Kier alpha value is -2.94. The maximum absolute atomic E-state index is 5.94. The summed E-state index contributed by atoms with van der Waals surface area (Å²) in [7, 11) is 1.67. The molecule has 0 atom stereocenters. The van der Waals surface area contributed by atoms with Gasteiger partial charge in [-0.1, -0.05) is 54.1 Å². The Morgan fingerprint density at radius 1 is 0.800 bits per heavy atom. The van der Waals surface area contributed by atoms with Crippen LogP contribution in [0.25, 0.3) is 0 Å². The lowest BCUT2D eigenvalue weighted by Crippen LogP contribution is -2.01. The molecule has 3 aromatic rings. The second-order valence-electron chi connectivity index (χ2n) is 5.98. The summed E-state index contributed by atoms with van der Waals surface area (Å²) < 4.78 is 11.4. The van der Waals surface area contributed by atoms with Crippen molar-refractivity contribution in [2.24, 2.45) is 0 Å². The van der Waals surface area contributed by atoms with E-state index in [0.29, 0.717) is 6.61 Å². The molecule has 0 unspecified atom stereocenters. The number of rotatable bonds is 7. The molecule has 25 heavy (non-hydrogen) atoms. The largest absolute Gasteiger partial charge is 0.493 e. The first-order chi connectivity index (χ1) is 12.2. The molecule has 3 heteroatoms. The van der Waals surface area contributed by atoms with Crippen molar-refractivity contribution in [2.45, 2.75) is 20.1 Å². The monoisotopic (exact) mass is 333 g/mol. The standard InChI is InChI=1S/C22H23NO2/c1-17-7-6-8-19(13-17)16-25-21-12-11-18(14-22(21)24-2)15-23-20-9-4-3-5-10-20/h3-14,23H,15-16H2,1-2H3. The van der Waals surface area contributed by atoms with E-state index in [-0.39, 0.29) is 0 Å². The summed E-state index contributed by atoms with van der Waals surface area (Å²) in [6, 6.07) is 24.5. The van der Waals surface area contributed by atoms with Gasteiger partial charge in [-0.05, 0) is 42.3 Å². The van der Waals surface area contributed by atoms with Crippen molar-refractivity contribution in [3.63, 3.8) is 0 Å². The number of aryl methyl sites for hydroxylation is 1. The number of hydrogen-bond acceptors (Lipinski definition) is 3. The van der Waals surface area contributed by atoms with Crippen molar-refractivity contribution >= 4 is 5.69 Å². The molecule has 0 aromatic heterocycles. The molecule has 0 spiro atoms. The molecule has 0 fully saturated rings. The average Bonchev–Trinajstić information content (AvgIpc) is 2.66. The zero-order chi connectivity index (χ0) is 17.5. The summed E-state index contributed by atoms with van der Waals surface area (Å²) >= 11 is 0. The van der Waals surface area contributed by atoms with E-state index in [4.69, 9.17) is 9.47 Å². The smallest absolute Gasteiger partial charge is 0.161 e. The normalized spacial score (nSPS) is 10.3. The van der Waals surface area contributed by atoms with Crippen LogP contribution in [0.2, 0.25) is 0 Å². The summed E-state index contributed by atoms with van der Waals surface area (Å²) in [6.45, 7) is 3.34. The Morgan fingerprint density at radius 3 is 2.40 bits per heavy atom. The first-order valence-electron chi connectivity index (χ1n) is 8.39. The third-order valence-corrected chi connectivity index (χ3v) is 3.98. The van der Waals surface area contributed by atoms with Crippen molar-refractivity contribution in [1.29, 1.82) is 0 Å². The number of methoxy groups -OCH3 is 1. The van der Waals surface area contributed by atoms with Crippen LogP contribution in [0.3, 0.4) is 0 Å². The van der Waals surface area contributed by atoms with Crippen molar-refractivity contribution in [2.75, 3.05) is 12.4 Å². The second-order valence-corrected chi connectivity index (χ2v) is 5.98. The molecule has 0 heterocycles. The van der Waals surface area contributed by atoms with E-state index in [1.165, 1.54) is 5.56 Å². The molecule has 0 amide bonds. The highest BCUT2D eigenvalue weighted by Crippen LogP contribution is 2.29. The van der Waals surface area contributed by atoms with E-state index in [1.54, 1.807) is 7.11 Å². The van der Waals surface area contributed by atoms with Gasteiger partial charge in [0.25, 0.3) is 0 Å². The van der Waals surface area contributed by atoms with E-state index in [9.17, 15) is 0 Å². The fourth-order valence-corrected chi connectivity index (χ4v) is 2.66. The van der Waals surface area contributed by atoms with Gasteiger partial charge in [0.15, 0.2) is 11.5 Å². The summed E-state index contributed by atoms with van der Waals surface area (Å²) in [5, 5.41) is 3.40. The average molecular weight is 333 g/mol. The topological polar surface area (TPSA) is 30.5 Å². The fourth-order valence-electron chi connectivity index (χ4n) is 2.66. The Balaban J connectivity index is 1.65. The van der Waals surface area contributed by atoms with Crippen LogP contribution >= 0.6 is 0 Å². The highest BCUT2D eigenvalue weighted by molar-refractivity contribution is 5.46. The molecular weight excluding hydrogens is 310 g/mol. The third kappa shape index (κ3) is 4.77. The molecule has 3 rings (SSSR count). The summed E-state index contributed by atoms with van der Waals surface area (Å²) in [5.41, 5.74) is 4.62. The van der Waals surface area contributed by atoms with Crippen LogP contribution < -0.4 is 14.8 Å². The number of ether oxygens (including phenoxy) is 2. The number of hydrogen-bond donors (Lipinski definition) is 1. The SMILES string of the molecule is COc1cc(CNc2ccccc2)ccc1OCc1cccc(C)c1. The van der Waals surface area contributed by atoms with Gasteiger partial charge in [-0.2, -0.15) is 0 Å². The van der Waals surface area contributed by atoms with Gasteiger partial charge in [-0.3, -0.25) is 0 Å². The van der Waals surface area contributed by atoms with E-state index in [1.807, 2.05) is 36.4 Å². The maximum Gasteiger partial charge on any atom is 0.161 e. The van der Waals surface area contributed by atoms with Crippen LogP contribution in [0.1, 0.15) is 16.7 Å². The number of nitrogens with one attached hydrogen (secondary N) is 1. The highest BCUT2D eigenvalue weighted by Gasteiger charge is 2.06. The predicted molar refractivity (Wildman–Crippen MR) is 102 cm³/mol. The summed E-state index contributed by atoms with van der Waals surface area (Å²) in [5.74, 6) is 1.51. The molecule has 0 aliphatic heterocycles. The lowest BCUT2D eigenvalue weighted by molar-refractivity contribution is 0.284. The molecule has 0 bridgehead atoms. The minimum absolute atomic E-state index is 0.527. The minimum Gasteiger partial charge on any atom is -0.493 e. The van der Waals surface area contributed by atoms with Gasteiger partial charge in [0.2, 0.25) is 0 Å². The van der Waals surface area contributed by atoms with Crippen LogP contribution in [0, 0.1) is 6.92 Å². The third-order valence-electron chi connectivity index (χ3n) is 3.98. The van der Waals surface area contributed by atoms with Crippen molar-refractivity contribution in [1.82, 2.24) is 0 Å². The fraction of sp³-hybridized carbons (Fsp3) is 0.182. The van der Waals surface area contributed by atoms with E-state index in [2.05, 4.69) is 48.6 Å². The summed E-state index contributed by atoms with van der Waals surface area (Å²) in [4.78, 5) is 0. The molecule has 0 radical (unpaired) electrons. The number of anilines is 1. The van der Waals surface area contributed by atoms with Gasteiger partial charge < -0.3 is 14.8 Å². The lowest BCUT2D eigenvalue weighted by atomic mass is 10.1. The van der Waals surface area contributed by atoms with Crippen LogP contribution in [0.5, 0.6) is 11.5 Å². The van der Waals surface area contributed by atoms with Crippen molar-refractivity contribution < 1.29 is 9.47 Å². The van der Waals surface area contributed by atoms with Crippen molar-refractivity contribution in [3.05, 3.63) is 89.5 Å². The number of benzene rings is 3. The molecule has 3 aromatic carbocycles. The molecule has 0 saturated heterocycles. The molecule has 0 saturated carbocycles. The zero-order valence-corrected chi connectivity index (χ0v) is 14.7. The molecule has 0 aliphatic carbocycles. The van der Waals surface area contributed by atoms with Crippen LogP contribution in [0.4, 0.5) is 5.69 Å². The quantitative estimate of drug-likeness (QED) is 0.645. The highest BCUT2D eigenvalue weighted by atomic mass is 16.5. The molecular formula is C22H23NO2. The first-order valence-corrected chi connectivity index (χ1v) is 8.39. The van der Waals surface area contributed by atoms with E-state index < -0.39 is 0 Å². The van der Waals surface area contributed by atoms with E-state index in [0.717, 1.165) is 34.9 Å². The van der Waals surface area contributed by atoms with Gasteiger partial charge in [-0.15, -0.1) is 0 Å². The Labute approximate surface area is 149 Å². The van der Waals surface area contributed by atoms with Gasteiger partial charge in [0, 0.05) is 12.2 Å². The Kier molecular flexibility index (Phi) is 5.57. The Bertz CT molecular complexity index is 815. The van der Waals surface area contributed by atoms with Gasteiger partial charge in [0.1, 0.15) is 6.61 Å². The first kappa shape index (κ1) is 16.9. The van der Waals surface area contributed by atoms with Crippen molar-refractivity contribution in [3.8, 4) is 11.5 Å². The van der Waals surface area contributed by atoms with Gasteiger partial charge in [-0.25, -0.2) is 0 Å². The van der Waals surface area contributed by atoms with Crippen LogP contribution in [-0.2, 0) is 13.2 Å². The van der Waals surface area contributed by atoms with Gasteiger partial charge >= 0.3 is 0 Å². The molecule has 128 valence electrons. The van der Waals surface area contributed by atoms with Crippen LogP contribution in [0.15, 0.2) is 72.8 Å². The lowest BCUT2D eigenvalue weighted by Gasteiger charge is -2.13. The molecule has 3 nitrogen and oxygen atoms in total. The van der Waals surface area contributed by atoms with E-state index >= 15 is 0 Å². The summed E-state index contributed by atoms with van der Waals surface area (Å²) in [6.07, 6.45) is 0. The molecule has 1 N–H and O–H groups in total. The Morgan fingerprint density at radius 2 is 1.64 bits per heavy atom. The number of para-hydroxylation sites is 1.